The van der Waals surface area contributed by atoms with Crippen LogP contribution in [0.15, 0.2) is 61.1 Å². The molecule has 0 spiro atoms. The number of nitriles is 1. The molecule has 0 aliphatic carbocycles. The molecule has 0 amide bonds. The molecule has 0 fully saturated rings. The Morgan fingerprint density at radius 2 is 1.72 bits per heavy atom. The van der Waals surface area contributed by atoms with Crippen LogP contribution in [0.2, 0.25) is 0 Å². The molecular weight excluding hydrogens is 483 g/mol. The van der Waals surface area contributed by atoms with E-state index >= 15 is 8.78 Å². The van der Waals surface area contributed by atoms with E-state index in [4.69, 9.17) is 5.26 Å². The van der Waals surface area contributed by atoms with Gasteiger partial charge >= 0.3 is 5.92 Å². The van der Waals surface area contributed by atoms with Crippen LogP contribution in [0.1, 0.15) is 27.9 Å². The Balaban J connectivity index is 1.70. The normalized spacial score (nSPS) is 12.8. The number of aromatic nitrogens is 5. The molecule has 7 nitrogen and oxygen atoms in total. The lowest BCUT2D eigenvalue weighted by Gasteiger charge is -2.35. The minimum Gasteiger partial charge on any atom is -0.377 e. The summed E-state index contributed by atoms with van der Waals surface area (Å²) in [5.74, 6) is -2.30. The Morgan fingerprint density at radius 3 is 2.33 bits per heavy atom. The third kappa shape index (κ3) is 4.62. The van der Waals surface area contributed by atoms with E-state index in [9.17, 15) is 18.3 Å². The molecule has 0 radical (unpaired) electrons. The second-order valence-electron chi connectivity index (χ2n) is 7.55. The van der Waals surface area contributed by atoms with Crippen LogP contribution < -0.4 is 0 Å². The number of rotatable bonds is 5. The Morgan fingerprint density at radius 1 is 0.944 bits per heavy atom. The van der Waals surface area contributed by atoms with Crippen LogP contribution in [0.5, 0.6) is 0 Å². The van der Waals surface area contributed by atoms with Crippen LogP contribution >= 0.6 is 0 Å². The molecule has 4 aromatic rings. The van der Waals surface area contributed by atoms with Gasteiger partial charge in [-0.15, -0.1) is 5.10 Å². The van der Waals surface area contributed by atoms with E-state index in [1.807, 2.05) is 0 Å². The molecule has 36 heavy (non-hydrogen) atoms. The highest BCUT2D eigenvalue weighted by atomic mass is 19.3. The third-order valence-electron chi connectivity index (χ3n) is 5.20. The lowest BCUT2D eigenvalue weighted by atomic mass is 9.84. The van der Waals surface area contributed by atoms with Crippen LogP contribution in [-0.4, -0.2) is 30.3 Å². The molecule has 2 heterocycles. The van der Waals surface area contributed by atoms with Crippen molar-refractivity contribution in [2.45, 2.75) is 18.1 Å². The topological polar surface area (TPSA) is 101 Å². The molecule has 0 saturated carbocycles. The molecular formula is C24H13F5N6O. The standard InChI is InChI=1S/C24H13F5N6O/c25-18-6-7-19(21(27)10-18)23(36,13-35-14-32-33-34-35)24(28,29)22-8-3-15(12-31-22)1-4-17-5-2-16(11-30)9-20(17)26/h2-3,5-10,12,14,36H,13H2. The lowest BCUT2D eigenvalue weighted by Crippen LogP contribution is -2.48. The van der Waals surface area contributed by atoms with Gasteiger partial charge in [-0.1, -0.05) is 11.8 Å². The van der Waals surface area contributed by atoms with Gasteiger partial charge in [0, 0.05) is 23.4 Å². The molecule has 0 saturated heterocycles. The number of alkyl halides is 2. The quantitative estimate of drug-likeness (QED) is 0.336. The molecule has 1 atom stereocenters. The van der Waals surface area contributed by atoms with Crippen molar-refractivity contribution in [2.24, 2.45) is 0 Å². The highest BCUT2D eigenvalue weighted by Gasteiger charge is 2.57. The summed E-state index contributed by atoms with van der Waals surface area (Å²) < 4.78 is 74.1. The molecule has 0 aliphatic heterocycles. The van der Waals surface area contributed by atoms with E-state index in [1.54, 1.807) is 6.07 Å². The average molecular weight is 496 g/mol. The third-order valence-corrected chi connectivity index (χ3v) is 5.20. The zero-order valence-electron chi connectivity index (χ0n) is 18.0. The maximum Gasteiger partial charge on any atom is 0.323 e. The van der Waals surface area contributed by atoms with Crippen LogP contribution in [0.25, 0.3) is 0 Å². The largest absolute Gasteiger partial charge is 0.377 e. The molecule has 2 aromatic heterocycles. The predicted octanol–water partition coefficient (Wildman–Crippen LogP) is 3.44. The van der Waals surface area contributed by atoms with Gasteiger partial charge in [0.2, 0.25) is 0 Å². The summed E-state index contributed by atoms with van der Waals surface area (Å²) in [4.78, 5) is 3.67. The maximum absolute atomic E-state index is 15.7. The first-order valence-corrected chi connectivity index (χ1v) is 10.1. The summed E-state index contributed by atoms with van der Waals surface area (Å²) in [7, 11) is 0. The van der Waals surface area contributed by atoms with Crippen molar-refractivity contribution in [3.63, 3.8) is 0 Å². The zero-order valence-corrected chi connectivity index (χ0v) is 18.0. The summed E-state index contributed by atoms with van der Waals surface area (Å²) >= 11 is 0. The van der Waals surface area contributed by atoms with E-state index in [-0.39, 0.29) is 16.7 Å². The summed E-state index contributed by atoms with van der Waals surface area (Å²) in [6.45, 7) is -0.989. The van der Waals surface area contributed by atoms with Gasteiger partial charge < -0.3 is 5.11 Å². The smallest absolute Gasteiger partial charge is 0.323 e. The Labute approximate surface area is 200 Å². The van der Waals surface area contributed by atoms with Crippen molar-refractivity contribution in [3.8, 4) is 17.9 Å². The molecule has 0 bridgehead atoms. The summed E-state index contributed by atoms with van der Waals surface area (Å²) in [5, 5.41) is 30.0. The fourth-order valence-corrected chi connectivity index (χ4v) is 3.36. The second kappa shape index (κ2) is 9.52. The van der Waals surface area contributed by atoms with Crippen LogP contribution in [0.3, 0.4) is 0 Å². The van der Waals surface area contributed by atoms with Gasteiger partial charge in [0.05, 0.1) is 23.7 Å². The first-order chi connectivity index (χ1) is 17.1. The molecule has 12 heteroatoms. The summed E-state index contributed by atoms with van der Waals surface area (Å²) in [6, 6.07) is 9.28. The molecule has 2 aromatic carbocycles. The first-order valence-electron chi connectivity index (χ1n) is 10.1. The first kappa shape index (κ1) is 24.4. The van der Waals surface area contributed by atoms with Crippen molar-refractivity contribution in [1.29, 1.82) is 5.26 Å². The Kier molecular flexibility index (Phi) is 6.47. The van der Waals surface area contributed by atoms with Crippen molar-refractivity contribution in [3.05, 3.63) is 106 Å². The number of aliphatic hydroxyl groups is 1. The van der Waals surface area contributed by atoms with Crippen molar-refractivity contribution >= 4 is 0 Å². The monoisotopic (exact) mass is 496 g/mol. The Hall–Kier alpha value is -4.68. The van der Waals surface area contributed by atoms with Gasteiger partial charge in [0.15, 0.2) is 5.60 Å². The highest BCUT2D eigenvalue weighted by molar-refractivity contribution is 5.45. The number of benzene rings is 2. The highest BCUT2D eigenvalue weighted by Crippen LogP contribution is 2.46. The Bertz CT molecular complexity index is 1510. The minimum atomic E-state index is -4.22. The molecule has 1 unspecified atom stereocenters. The van der Waals surface area contributed by atoms with E-state index in [0.29, 0.717) is 12.1 Å². The van der Waals surface area contributed by atoms with Crippen LogP contribution in [-0.2, 0) is 18.1 Å². The van der Waals surface area contributed by atoms with Crippen molar-refractivity contribution in [2.75, 3.05) is 0 Å². The fraction of sp³-hybridized carbons (Fsp3) is 0.125. The van der Waals surface area contributed by atoms with Gasteiger partial charge in [0.1, 0.15) is 29.5 Å². The lowest BCUT2D eigenvalue weighted by molar-refractivity contribution is -0.207. The predicted molar refractivity (Wildman–Crippen MR) is 113 cm³/mol. The van der Waals surface area contributed by atoms with E-state index < -0.39 is 46.8 Å². The number of halogens is 5. The van der Waals surface area contributed by atoms with Gasteiger partial charge in [-0.3, -0.25) is 4.98 Å². The number of nitrogens with zero attached hydrogens (tertiary/aromatic N) is 6. The number of hydrogen-bond donors (Lipinski definition) is 1. The van der Waals surface area contributed by atoms with Crippen LogP contribution in [0, 0.1) is 40.6 Å². The maximum atomic E-state index is 15.7. The van der Waals surface area contributed by atoms with Crippen molar-refractivity contribution < 1.29 is 27.1 Å². The average Bonchev–Trinajstić information content (AvgIpc) is 3.36. The minimum absolute atomic E-state index is 0.0222. The molecule has 180 valence electrons. The second-order valence-corrected chi connectivity index (χ2v) is 7.55. The summed E-state index contributed by atoms with van der Waals surface area (Å²) in [6.07, 6.45) is 1.91. The van der Waals surface area contributed by atoms with Crippen molar-refractivity contribution in [1.82, 2.24) is 25.2 Å². The van der Waals surface area contributed by atoms with E-state index in [2.05, 4.69) is 32.4 Å². The van der Waals surface area contributed by atoms with Gasteiger partial charge in [0.25, 0.3) is 0 Å². The van der Waals surface area contributed by atoms with Gasteiger partial charge in [-0.25, -0.2) is 17.9 Å². The van der Waals surface area contributed by atoms with Gasteiger partial charge in [-0.2, -0.15) is 14.0 Å². The molecule has 1 N–H and O–H groups in total. The van der Waals surface area contributed by atoms with E-state index in [0.717, 1.165) is 41.5 Å². The van der Waals surface area contributed by atoms with E-state index in [1.165, 1.54) is 12.1 Å². The van der Waals surface area contributed by atoms with Gasteiger partial charge in [-0.05, 0) is 52.9 Å². The number of pyridine rings is 1. The fourth-order valence-electron chi connectivity index (χ4n) is 3.36. The zero-order chi connectivity index (χ0) is 25.9. The number of hydrogen-bond acceptors (Lipinski definition) is 6. The molecule has 0 aliphatic rings. The summed E-state index contributed by atoms with van der Waals surface area (Å²) in [5.41, 5.74) is -4.89. The SMILES string of the molecule is N#Cc1ccc(C#Cc2ccc(C(F)(F)C(O)(Cn3cnnn3)c3ccc(F)cc3F)nc2)c(F)c1. The van der Waals surface area contributed by atoms with Crippen LogP contribution in [0.4, 0.5) is 22.0 Å². The number of tetrazole rings is 1. The molecule has 4 rings (SSSR count).